The van der Waals surface area contributed by atoms with Crippen molar-refractivity contribution in [2.24, 2.45) is 0 Å². The fourth-order valence-corrected chi connectivity index (χ4v) is 3.48. The highest BCUT2D eigenvalue weighted by molar-refractivity contribution is 5.80. The molecule has 0 spiro atoms. The minimum Gasteiger partial charge on any atom is -0.489 e. The molecule has 4 nitrogen and oxygen atoms in total. The zero-order valence-corrected chi connectivity index (χ0v) is 17.1. The lowest BCUT2D eigenvalue weighted by molar-refractivity contribution is -0.121. The first kappa shape index (κ1) is 20.7. The molecule has 158 valence electrons. The molecule has 1 amide bonds. The second kappa shape index (κ2) is 9.94. The van der Waals surface area contributed by atoms with E-state index in [0.717, 1.165) is 28.0 Å². The zero-order valence-electron chi connectivity index (χ0n) is 17.1. The maximum absolute atomic E-state index is 13.3. The molecule has 1 aliphatic rings. The fourth-order valence-electron chi connectivity index (χ4n) is 3.48. The highest BCUT2D eigenvalue weighted by Gasteiger charge is 2.16. The van der Waals surface area contributed by atoms with Gasteiger partial charge in [0.1, 0.15) is 30.5 Å². The maximum atomic E-state index is 13.3. The lowest BCUT2D eigenvalue weighted by atomic mass is 9.98. The van der Waals surface area contributed by atoms with Crippen LogP contribution in [0.5, 0.6) is 11.5 Å². The predicted molar refractivity (Wildman–Crippen MR) is 118 cm³/mol. The van der Waals surface area contributed by atoms with Gasteiger partial charge in [0.15, 0.2) is 0 Å². The number of nitrogens with one attached hydrogen (secondary N) is 1. The van der Waals surface area contributed by atoms with E-state index >= 15 is 0 Å². The first-order valence-electron chi connectivity index (χ1n) is 10.3. The van der Waals surface area contributed by atoms with Crippen LogP contribution in [0.15, 0.2) is 78.9 Å². The molecule has 0 saturated carbocycles. The van der Waals surface area contributed by atoms with Crippen molar-refractivity contribution in [1.29, 1.82) is 0 Å². The largest absolute Gasteiger partial charge is 0.489 e. The van der Waals surface area contributed by atoms with Gasteiger partial charge in [-0.25, -0.2) is 4.39 Å². The van der Waals surface area contributed by atoms with Crippen LogP contribution in [0.25, 0.3) is 5.57 Å². The molecule has 1 heterocycles. The number of hydrogen-bond acceptors (Lipinski definition) is 3. The Bertz CT molecular complexity index is 1080. The third-order valence-corrected chi connectivity index (χ3v) is 5.12. The molecule has 1 aliphatic heterocycles. The summed E-state index contributed by atoms with van der Waals surface area (Å²) in [7, 11) is 0. The molecular weight excluding hydrogens is 393 g/mol. The number of benzene rings is 3. The molecule has 1 N–H and O–H groups in total. The van der Waals surface area contributed by atoms with E-state index in [2.05, 4.69) is 5.32 Å². The molecule has 3 aromatic carbocycles. The van der Waals surface area contributed by atoms with Crippen LogP contribution in [-0.2, 0) is 17.9 Å². The topological polar surface area (TPSA) is 47.6 Å². The van der Waals surface area contributed by atoms with Gasteiger partial charge in [-0.05, 0) is 53.5 Å². The lowest BCUT2D eigenvalue weighted by Crippen LogP contribution is -2.22. The smallest absolute Gasteiger partial charge is 0.220 e. The van der Waals surface area contributed by atoms with E-state index in [4.69, 9.17) is 9.47 Å². The summed E-state index contributed by atoms with van der Waals surface area (Å²) in [6.45, 7) is 1.27. The molecule has 0 aromatic heterocycles. The normalized spacial score (nSPS) is 12.4. The highest BCUT2D eigenvalue weighted by Crippen LogP contribution is 2.35. The summed E-state index contributed by atoms with van der Waals surface area (Å²) in [6, 6.07) is 21.9. The fraction of sp³-hybridized carbons (Fsp3) is 0.192. The van der Waals surface area contributed by atoms with Crippen molar-refractivity contribution in [2.45, 2.75) is 26.0 Å². The van der Waals surface area contributed by atoms with Gasteiger partial charge in [0.25, 0.3) is 0 Å². The van der Waals surface area contributed by atoms with E-state index < -0.39 is 0 Å². The number of amides is 1. The van der Waals surface area contributed by atoms with Crippen molar-refractivity contribution >= 4 is 11.5 Å². The Morgan fingerprint density at radius 3 is 2.68 bits per heavy atom. The standard InChI is InChI=1S/C26H24FNO3/c27-22-8-4-7-20(15-22)18-31-23-10-11-24-21(13-14-30-25(24)16-23)9-12-26(29)28-17-19-5-2-1-3-6-19/h1-8,10-11,13,15-16H,9,12,14,17-18H2,(H,28,29). The molecule has 31 heavy (non-hydrogen) atoms. The Balaban J connectivity index is 1.32. The SMILES string of the molecule is O=C(CCC1=CCOc2cc(OCc3cccc(F)c3)ccc21)NCc1ccccc1. The Morgan fingerprint density at radius 2 is 1.84 bits per heavy atom. The zero-order chi connectivity index (χ0) is 21.5. The van der Waals surface area contributed by atoms with E-state index in [1.807, 2.05) is 60.7 Å². The Kier molecular flexibility index (Phi) is 6.62. The quantitative estimate of drug-likeness (QED) is 0.543. The minimum atomic E-state index is -0.280. The van der Waals surface area contributed by atoms with Gasteiger partial charge in [-0.1, -0.05) is 42.5 Å². The number of carbonyl (C=O) groups excluding carboxylic acids is 1. The maximum Gasteiger partial charge on any atom is 0.220 e. The van der Waals surface area contributed by atoms with Crippen molar-refractivity contribution in [2.75, 3.05) is 6.61 Å². The molecule has 0 unspecified atom stereocenters. The minimum absolute atomic E-state index is 0.0211. The average molecular weight is 417 g/mol. The molecular formula is C26H24FNO3. The molecule has 0 radical (unpaired) electrons. The third-order valence-electron chi connectivity index (χ3n) is 5.12. The van der Waals surface area contributed by atoms with Crippen LogP contribution in [0.4, 0.5) is 4.39 Å². The van der Waals surface area contributed by atoms with Crippen molar-refractivity contribution < 1.29 is 18.7 Å². The predicted octanol–water partition coefficient (Wildman–Crippen LogP) is 5.28. The number of rotatable bonds is 8. The summed E-state index contributed by atoms with van der Waals surface area (Å²) >= 11 is 0. The number of ether oxygens (including phenoxy) is 2. The Morgan fingerprint density at radius 1 is 1.00 bits per heavy atom. The summed E-state index contributed by atoms with van der Waals surface area (Å²) in [4.78, 5) is 12.3. The first-order valence-corrected chi connectivity index (χ1v) is 10.3. The second-order valence-corrected chi connectivity index (χ2v) is 7.38. The number of halogens is 1. The summed E-state index contributed by atoms with van der Waals surface area (Å²) in [5.74, 6) is 1.13. The summed E-state index contributed by atoms with van der Waals surface area (Å²) in [5.41, 5.74) is 3.91. The molecule has 3 aromatic rings. The van der Waals surface area contributed by atoms with E-state index in [9.17, 15) is 9.18 Å². The van der Waals surface area contributed by atoms with E-state index in [0.29, 0.717) is 31.7 Å². The Labute approximate surface area is 181 Å². The first-order chi connectivity index (χ1) is 15.2. The van der Waals surface area contributed by atoms with Crippen LogP contribution in [0.1, 0.15) is 29.5 Å². The Hall–Kier alpha value is -3.60. The van der Waals surface area contributed by atoms with E-state index in [-0.39, 0.29) is 18.3 Å². The van der Waals surface area contributed by atoms with Gasteiger partial charge < -0.3 is 14.8 Å². The van der Waals surface area contributed by atoms with Gasteiger partial charge in [-0.15, -0.1) is 0 Å². The summed E-state index contributed by atoms with van der Waals surface area (Å²) in [6.07, 6.45) is 3.07. The van der Waals surface area contributed by atoms with Gasteiger partial charge in [0.05, 0.1) is 0 Å². The van der Waals surface area contributed by atoms with Crippen molar-refractivity contribution in [3.05, 3.63) is 101 Å². The van der Waals surface area contributed by atoms with Gasteiger partial charge >= 0.3 is 0 Å². The summed E-state index contributed by atoms with van der Waals surface area (Å²) < 4.78 is 24.9. The van der Waals surface area contributed by atoms with Crippen molar-refractivity contribution in [3.8, 4) is 11.5 Å². The molecule has 0 fully saturated rings. The van der Waals surface area contributed by atoms with Gasteiger partial charge in [0, 0.05) is 24.6 Å². The number of carbonyl (C=O) groups is 1. The van der Waals surface area contributed by atoms with Gasteiger partial charge in [0.2, 0.25) is 5.91 Å². The van der Waals surface area contributed by atoms with E-state index in [1.54, 1.807) is 6.07 Å². The molecule has 0 bridgehead atoms. The van der Waals surface area contributed by atoms with Crippen molar-refractivity contribution in [1.82, 2.24) is 5.32 Å². The van der Waals surface area contributed by atoms with E-state index in [1.165, 1.54) is 12.1 Å². The monoisotopic (exact) mass is 417 g/mol. The van der Waals surface area contributed by atoms with Crippen LogP contribution in [0.2, 0.25) is 0 Å². The van der Waals surface area contributed by atoms with Crippen LogP contribution >= 0.6 is 0 Å². The molecule has 4 rings (SSSR count). The number of hydrogen-bond donors (Lipinski definition) is 1. The highest BCUT2D eigenvalue weighted by atomic mass is 19.1. The number of allylic oxidation sites excluding steroid dienone is 1. The molecule has 0 atom stereocenters. The molecule has 5 heteroatoms. The van der Waals surface area contributed by atoms with Crippen LogP contribution < -0.4 is 14.8 Å². The van der Waals surface area contributed by atoms with Crippen LogP contribution in [-0.4, -0.2) is 12.5 Å². The lowest BCUT2D eigenvalue weighted by Gasteiger charge is -2.20. The van der Waals surface area contributed by atoms with Crippen LogP contribution in [0.3, 0.4) is 0 Å². The third kappa shape index (κ3) is 5.72. The van der Waals surface area contributed by atoms with Gasteiger partial charge in [-0.2, -0.15) is 0 Å². The van der Waals surface area contributed by atoms with Crippen LogP contribution in [0, 0.1) is 5.82 Å². The second-order valence-electron chi connectivity index (χ2n) is 7.38. The average Bonchev–Trinajstić information content (AvgIpc) is 2.80. The summed E-state index contributed by atoms with van der Waals surface area (Å²) in [5, 5.41) is 2.96. The van der Waals surface area contributed by atoms with Crippen molar-refractivity contribution in [3.63, 3.8) is 0 Å². The number of fused-ring (bicyclic) bond motifs is 1. The van der Waals surface area contributed by atoms with Gasteiger partial charge in [-0.3, -0.25) is 4.79 Å². The molecule has 0 aliphatic carbocycles. The molecule has 0 saturated heterocycles.